The lowest BCUT2D eigenvalue weighted by molar-refractivity contribution is 0.254. The fraction of sp³-hybridized carbons (Fsp3) is 0.286. The molecule has 20 heavy (non-hydrogen) atoms. The summed E-state index contributed by atoms with van der Waals surface area (Å²) in [7, 11) is 0. The van der Waals surface area contributed by atoms with Gasteiger partial charge in [0.1, 0.15) is 5.82 Å². The first-order valence-electron chi connectivity index (χ1n) is 6.28. The fourth-order valence-electron chi connectivity index (χ4n) is 2.30. The van der Waals surface area contributed by atoms with Crippen molar-refractivity contribution in [2.75, 3.05) is 5.73 Å². The second-order valence-electron chi connectivity index (χ2n) is 4.91. The van der Waals surface area contributed by atoms with E-state index in [0.29, 0.717) is 5.56 Å². The molecule has 0 aliphatic carbocycles. The summed E-state index contributed by atoms with van der Waals surface area (Å²) in [4.78, 5) is 24.2. The summed E-state index contributed by atoms with van der Waals surface area (Å²) in [5.41, 5.74) is 7.74. The predicted octanol–water partition coefficient (Wildman–Crippen LogP) is 2.69. The molecule has 1 heterocycles. The topological polar surface area (TPSA) is 70.0 Å². The molecule has 106 valence electrons. The minimum Gasteiger partial charge on any atom is -0.383 e. The Hall–Kier alpha value is -1.95. The third kappa shape index (κ3) is 2.16. The molecule has 0 aliphatic heterocycles. The van der Waals surface area contributed by atoms with E-state index in [4.69, 9.17) is 5.73 Å². The number of carbonyl (C=O) groups is 1. The summed E-state index contributed by atoms with van der Waals surface area (Å²) < 4.78 is 2.45. The van der Waals surface area contributed by atoms with Crippen LogP contribution in [0.4, 0.5) is 10.6 Å². The minimum atomic E-state index is -0.576. The number of nitrogens with zero attached hydrogens (tertiary/aromatic N) is 2. The third-order valence-corrected chi connectivity index (χ3v) is 3.40. The van der Waals surface area contributed by atoms with Crippen LogP contribution in [0, 0.1) is 6.92 Å². The Morgan fingerprint density at radius 3 is 2.35 bits per heavy atom. The van der Waals surface area contributed by atoms with Gasteiger partial charge in [0.05, 0.1) is 5.56 Å². The van der Waals surface area contributed by atoms with Gasteiger partial charge in [-0.3, -0.25) is 9.59 Å². The zero-order chi connectivity index (χ0) is 15.0. The molecule has 1 aromatic heterocycles. The summed E-state index contributed by atoms with van der Waals surface area (Å²) in [6.07, 6.45) is 0. The van der Waals surface area contributed by atoms with E-state index in [-0.39, 0.29) is 17.4 Å². The number of aromatic nitrogens is 2. The van der Waals surface area contributed by atoms with Crippen molar-refractivity contribution in [1.82, 2.24) is 9.36 Å². The van der Waals surface area contributed by atoms with Crippen LogP contribution in [0.2, 0.25) is 0 Å². The van der Waals surface area contributed by atoms with E-state index >= 15 is 0 Å². The molecule has 2 N–H and O–H groups in total. The van der Waals surface area contributed by atoms with Gasteiger partial charge in [0.25, 0.3) is 5.56 Å². The molecule has 0 spiro atoms. The minimum absolute atomic E-state index is 0.123. The Balaban J connectivity index is 2.87. The number of thiol groups is 1. The quantitative estimate of drug-likeness (QED) is 0.836. The van der Waals surface area contributed by atoms with Gasteiger partial charge in [-0.2, -0.15) is 4.68 Å². The number of hydrogen-bond donors (Lipinski definition) is 2. The highest BCUT2D eigenvalue weighted by atomic mass is 32.1. The summed E-state index contributed by atoms with van der Waals surface area (Å²) in [5.74, 6) is 0.123. The van der Waals surface area contributed by atoms with Crippen molar-refractivity contribution in [2.45, 2.75) is 26.8 Å². The number of rotatable bonds is 2. The van der Waals surface area contributed by atoms with Crippen LogP contribution in [-0.2, 0) is 0 Å². The van der Waals surface area contributed by atoms with Crippen molar-refractivity contribution in [3.8, 4) is 11.1 Å². The monoisotopic (exact) mass is 291 g/mol. The highest BCUT2D eigenvalue weighted by molar-refractivity contribution is 7.96. The van der Waals surface area contributed by atoms with E-state index in [2.05, 4.69) is 12.6 Å². The molecule has 0 bridgehead atoms. The van der Waals surface area contributed by atoms with Crippen molar-refractivity contribution in [3.63, 3.8) is 0 Å². The van der Waals surface area contributed by atoms with Crippen molar-refractivity contribution < 1.29 is 4.79 Å². The van der Waals surface area contributed by atoms with Gasteiger partial charge in [-0.05, 0) is 31.9 Å². The molecule has 0 atom stereocenters. The van der Waals surface area contributed by atoms with Crippen molar-refractivity contribution in [3.05, 3.63) is 40.2 Å². The Morgan fingerprint density at radius 2 is 1.90 bits per heavy atom. The van der Waals surface area contributed by atoms with Crippen LogP contribution in [-0.4, -0.2) is 14.6 Å². The number of aryl methyl sites for hydroxylation is 1. The molecule has 2 rings (SSSR count). The SMILES string of the molecule is Cc1ccccc1-c1c(N)n(C(=O)S)n(C(C)C)c1=O. The molecule has 5 nitrogen and oxygen atoms in total. The maximum atomic E-state index is 12.6. The van der Waals surface area contributed by atoms with E-state index in [1.807, 2.05) is 45.0 Å². The van der Waals surface area contributed by atoms with Gasteiger partial charge in [0, 0.05) is 6.04 Å². The van der Waals surface area contributed by atoms with E-state index < -0.39 is 5.24 Å². The van der Waals surface area contributed by atoms with E-state index in [1.54, 1.807) is 0 Å². The zero-order valence-corrected chi connectivity index (χ0v) is 12.5. The largest absolute Gasteiger partial charge is 0.383 e. The number of anilines is 1. The summed E-state index contributed by atoms with van der Waals surface area (Å²) in [6, 6.07) is 7.24. The molecule has 0 unspecified atom stereocenters. The lowest BCUT2D eigenvalue weighted by Crippen LogP contribution is -2.27. The molecule has 0 radical (unpaired) electrons. The van der Waals surface area contributed by atoms with Crippen molar-refractivity contribution in [2.24, 2.45) is 0 Å². The highest BCUT2D eigenvalue weighted by Crippen LogP contribution is 2.27. The molecule has 0 saturated carbocycles. The van der Waals surface area contributed by atoms with Gasteiger partial charge in [0.2, 0.25) is 0 Å². The molecule has 0 fully saturated rings. The Labute approximate surface area is 122 Å². The number of carbonyl (C=O) groups excluding carboxylic acids is 1. The average molecular weight is 291 g/mol. The van der Waals surface area contributed by atoms with Crippen molar-refractivity contribution in [1.29, 1.82) is 0 Å². The normalized spacial score (nSPS) is 11.1. The standard InChI is InChI=1S/C14H17N3O2S/c1-8(2)16-13(18)11(12(15)17(16)14(19)20)10-7-5-4-6-9(10)3/h4-8H,15H2,1-3H3,(H,19,20). The highest BCUT2D eigenvalue weighted by Gasteiger charge is 2.24. The predicted molar refractivity (Wildman–Crippen MR) is 83.4 cm³/mol. The Bertz CT molecular complexity index is 729. The zero-order valence-electron chi connectivity index (χ0n) is 11.6. The number of hydrogen-bond acceptors (Lipinski definition) is 3. The molecule has 0 aliphatic rings. The van der Waals surface area contributed by atoms with E-state index in [1.165, 1.54) is 4.68 Å². The molecular weight excluding hydrogens is 274 g/mol. The molecule has 0 amide bonds. The molecule has 1 aromatic carbocycles. The molecular formula is C14H17N3O2S. The summed E-state index contributed by atoms with van der Waals surface area (Å²) in [6.45, 7) is 5.53. The first kappa shape index (κ1) is 14.5. The molecule has 0 saturated heterocycles. The third-order valence-electron chi connectivity index (χ3n) is 3.21. The van der Waals surface area contributed by atoms with Crippen LogP contribution in [0.15, 0.2) is 29.1 Å². The first-order valence-corrected chi connectivity index (χ1v) is 6.73. The maximum absolute atomic E-state index is 12.6. The van der Waals surface area contributed by atoms with E-state index in [0.717, 1.165) is 15.8 Å². The van der Waals surface area contributed by atoms with Crippen molar-refractivity contribution >= 4 is 23.7 Å². The maximum Gasteiger partial charge on any atom is 0.303 e. The summed E-state index contributed by atoms with van der Waals surface area (Å²) >= 11 is 3.80. The fourth-order valence-corrected chi connectivity index (χ4v) is 2.51. The van der Waals surface area contributed by atoms with Gasteiger partial charge >= 0.3 is 5.24 Å². The van der Waals surface area contributed by atoms with Gasteiger partial charge in [-0.15, -0.1) is 0 Å². The average Bonchev–Trinajstić information content (AvgIpc) is 2.62. The van der Waals surface area contributed by atoms with Crippen LogP contribution >= 0.6 is 12.6 Å². The lowest BCUT2D eigenvalue weighted by atomic mass is 10.0. The Morgan fingerprint density at radius 1 is 1.30 bits per heavy atom. The van der Waals surface area contributed by atoms with Crippen LogP contribution in [0.1, 0.15) is 25.5 Å². The smallest absolute Gasteiger partial charge is 0.303 e. The van der Waals surface area contributed by atoms with Gasteiger partial charge in [0.15, 0.2) is 0 Å². The van der Waals surface area contributed by atoms with Gasteiger partial charge < -0.3 is 5.73 Å². The Kier molecular flexibility index (Phi) is 3.76. The molecule has 6 heteroatoms. The van der Waals surface area contributed by atoms with E-state index in [9.17, 15) is 9.59 Å². The number of benzene rings is 1. The number of nitrogen functional groups attached to an aromatic ring is 1. The van der Waals surface area contributed by atoms with Crippen LogP contribution < -0.4 is 11.3 Å². The van der Waals surface area contributed by atoms with Gasteiger partial charge in [-0.25, -0.2) is 4.68 Å². The van der Waals surface area contributed by atoms with Crippen LogP contribution in [0.3, 0.4) is 0 Å². The summed E-state index contributed by atoms with van der Waals surface area (Å²) in [5, 5.41) is -0.576. The second-order valence-corrected chi connectivity index (χ2v) is 5.30. The molecule has 2 aromatic rings. The van der Waals surface area contributed by atoms with Crippen LogP contribution in [0.25, 0.3) is 11.1 Å². The van der Waals surface area contributed by atoms with Gasteiger partial charge in [-0.1, -0.05) is 36.9 Å². The second kappa shape index (κ2) is 5.20. The number of nitrogens with two attached hydrogens (primary N) is 1. The first-order chi connectivity index (χ1) is 9.36. The van der Waals surface area contributed by atoms with Crippen LogP contribution in [0.5, 0.6) is 0 Å². The lowest BCUT2D eigenvalue weighted by Gasteiger charge is -2.11.